The topological polar surface area (TPSA) is 72.2 Å². The average molecular weight is 260 g/mol. The normalized spacial score (nSPS) is 35.2. The molecule has 1 saturated heterocycles. The van der Waals surface area contributed by atoms with Gasteiger partial charge < -0.3 is 11.1 Å². The Labute approximate surface area is 104 Å². The van der Waals surface area contributed by atoms with Crippen molar-refractivity contribution in [1.29, 1.82) is 0 Å². The molecule has 17 heavy (non-hydrogen) atoms. The van der Waals surface area contributed by atoms with Gasteiger partial charge in [-0.1, -0.05) is 12.8 Å². The van der Waals surface area contributed by atoms with E-state index < -0.39 is 9.84 Å². The highest BCUT2D eigenvalue weighted by Gasteiger charge is 2.38. The zero-order valence-corrected chi connectivity index (χ0v) is 11.5. The van der Waals surface area contributed by atoms with Gasteiger partial charge in [-0.15, -0.1) is 0 Å². The van der Waals surface area contributed by atoms with E-state index in [-0.39, 0.29) is 16.8 Å². The second-order valence-corrected chi connectivity index (χ2v) is 8.33. The Bertz CT molecular complexity index is 374. The summed E-state index contributed by atoms with van der Waals surface area (Å²) < 4.78 is 22.9. The molecule has 1 unspecified atom stereocenters. The molecule has 0 aromatic rings. The molecule has 0 aromatic carbocycles. The summed E-state index contributed by atoms with van der Waals surface area (Å²) in [5.74, 6) is 0.599. The monoisotopic (exact) mass is 260 g/mol. The van der Waals surface area contributed by atoms with Crippen molar-refractivity contribution < 1.29 is 8.42 Å². The highest BCUT2D eigenvalue weighted by molar-refractivity contribution is 7.91. The zero-order chi connectivity index (χ0) is 12.6. The smallest absolute Gasteiger partial charge is 0.152 e. The van der Waals surface area contributed by atoms with E-state index in [1.54, 1.807) is 0 Å². The first kappa shape index (κ1) is 13.3. The van der Waals surface area contributed by atoms with E-state index in [2.05, 4.69) is 5.32 Å². The van der Waals surface area contributed by atoms with Crippen LogP contribution in [0.25, 0.3) is 0 Å². The molecule has 0 bridgehead atoms. The van der Waals surface area contributed by atoms with Crippen LogP contribution in [0, 0.1) is 0 Å². The molecule has 5 heteroatoms. The lowest BCUT2D eigenvalue weighted by Gasteiger charge is -2.28. The van der Waals surface area contributed by atoms with Gasteiger partial charge in [-0.05, 0) is 39.2 Å². The van der Waals surface area contributed by atoms with Crippen molar-refractivity contribution in [3.8, 4) is 0 Å². The van der Waals surface area contributed by atoms with Crippen molar-refractivity contribution in [2.45, 2.75) is 56.5 Å². The van der Waals surface area contributed by atoms with Crippen LogP contribution in [0.4, 0.5) is 0 Å². The van der Waals surface area contributed by atoms with Crippen LogP contribution in [0.15, 0.2) is 0 Å². The minimum absolute atomic E-state index is 0.000833. The lowest BCUT2D eigenvalue weighted by molar-refractivity contribution is 0.340. The van der Waals surface area contributed by atoms with Gasteiger partial charge in [0.1, 0.15) is 0 Å². The molecule has 1 saturated carbocycles. The largest absolute Gasteiger partial charge is 0.325 e. The van der Waals surface area contributed by atoms with Crippen molar-refractivity contribution in [3.05, 3.63) is 0 Å². The SMILES string of the molecule is CC1(NCCC2(N)CCCC2)CCS(=O)(=O)C1. The molecule has 0 aromatic heterocycles. The summed E-state index contributed by atoms with van der Waals surface area (Å²) in [5.41, 5.74) is 6.05. The van der Waals surface area contributed by atoms with Crippen LogP contribution in [0.2, 0.25) is 0 Å². The molecule has 100 valence electrons. The number of nitrogens with one attached hydrogen (secondary N) is 1. The molecule has 1 heterocycles. The summed E-state index contributed by atoms with van der Waals surface area (Å²) in [4.78, 5) is 0. The fraction of sp³-hybridized carbons (Fsp3) is 1.00. The molecule has 4 nitrogen and oxygen atoms in total. The standard InChI is InChI=1S/C12H24N2O2S/c1-11(7-9-17(15,16)10-11)14-8-6-12(13)4-2-3-5-12/h14H,2-10,13H2,1H3. The van der Waals surface area contributed by atoms with Crippen LogP contribution in [0.1, 0.15) is 45.4 Å². The molecule has 0 spiro atoms. The third kappa shape index (κ3) is 3.42. The second kappa shape index (κ2) is 4.52. The summed E-state index contributed by atoms with van der Waals surface area (Å²) in [7, 11) is -2.81. The lowest BCUT2D eigenvalue weighted by atomic mass is 9.93. The fourth-order valence-electron chi connectivity index (χ4n) is 3.09. The molecule has 2 aliphatic rings. The van der Waals surface area contributed by atoms with Gasteiger partial charge >= 0.3 is 0 Å². The fourth-order valence-corrected chi connectivity index (χ4v) is 5.22. The highest BCUT2D eigenvalue weighted by Crippen LogP contribution is 2.30. The van der Waals surface area contributed by atoms with E-state index in [1.165, 1.54) is 12.8 Å². The van der Waals surface area contributed by atoms with Crippen molar-refractivity contribution >= 4 is 9.84 Å². The van der Waals surface area contributed by atoms with Crippen LogP contribution in [0.3, 0.4) is 0 Å². The second-order valence-electron chi connectivity index (χ2n) is 6.15. The minimum atomic E-state index is -2.81. The summed E-state index contributed by atoms with van der Waals surface area (Å²) in [5, 5.41) is 3.41. The predicted molar refractivity (Wildman–Crippen MR) is 69.7 cm³/mol. The maximum Gasteiger partial charge on any atom is 0.152 e. The third-order valence-electron chi connectivity index (χ3n) is 4.28. The van der Waals surface area contributed by atoms with Gasteiger partial charge in [0.15, 0.2) is 9.84 Å². The number of hydrogen-bond donors (Lipinski definition) is 2. The Balaban J connectivity index is 1.79. The third-order valence-corrected chi connectivity index (χ3v) is 6.18. The van der Waals surface area contributed by atoms with Gasteiger partial charge in [-0.2, -0.15) is 0 Å². The maximum atomic E-state index is 11.5. The van der Waals surface area contributed by atoms with Crippen LogP contribution in [-0.4, -0.2) is 37.5 Å². The maximum absolute atomic E-state index is 11.5. The van der Waals surface area contributed by atoms with Gasteiger partial charge in [0.05, 0.1) is 11.5 Å². The molecule has 2 rings (SSSR count). The first-order valence-electron chi connectivity index (χ1n) is 6.57. The number of hydrogen-bond acceptors (Lipinski definition) is 4. The Morgan fingerprint density at radius 2 is 1.88 bits per heavy atom. The Hall–Kier alpha value is -0.130. The predicted octanol–water partition coefficient (Wildman–Crippen LogP) is 0.815. The molecule has 2 fully saturated rings. The first-order valence-corrected chi connectivity index (χ1v) is 8.39. The van der Waals surface area contributed by atoms with E-state index >= 15 is 0 Å². The van der Waals surface area contributed by atoms with E-state index in [9.17, 15) is 8.42 Å². The van der Waals surface area contributed by atoms with Crippen LogP contribution >= 0.6 is 0 Å². The molecule has 3 N–H and O–H groups in total. The minimum Gasteiger partial charge on any atom is -0.325 e. The van der Waals surface area contributed by atoms with Crippen molar-refractivity contribution in [2.75, 3.05) is 18.1 Å². The molecular formula is C12H24N2O2S. The van der Waals surface area contributed by atoms with E-state index in [0.717, 1.165) is 32.2 Å². The summed E-state index contributed by atoms with van der Waals surface area (Å²) in [6.45, 7) is 2.85. The quantitative estimate of drug-likeness (QED) is 0.785. The van der Waals surface area contributed by atoms with Gasteiger partial charge in [0.25, 0.3) is 0 Å². The van der Waals surface area contributed by atoms with Gasteiger partial charge in [0.2, 0.25) is 0 Å². The van der Waals surface area contributed by atoms with Crippen LogP contribution in [0.5, 0.6) is 0 Å². The molecule has 0 amide bonds. The number of nitrogens with two attached hydrogens (primary N) is 1. The number of rotatable bonds is 4. The Morgan fingerprint density at radius 1 is 1.24 bits per heavy atom. The highest BCUT2D eigenvalue weighted by atomic mass is 32.2. The van der Waals surface area contributed by atoms with Crippen LogP contribution in [-0.2, 0) is 9.84 Å². The summed E-state index contributed by atoms with van der Waals surface area (Å²) in [6, 6.07) is 0. The van der Waals surface area contributed by atoms with Crippen LogP contribution < -0.4 is 11.1 Å². The van der Waals surface area contributed by atoms with E-state index in [0.29, 0.717) is 5.75 Å². The molecule has 0 radical (unpaired) electrons. The zero-order valence-electron chi connectivity index (χ0n) is 10.7. The Morgan fingerprint density at radius 3 is 2.41 bits per heavy atom. The van der Waals surface area contributed by atoms with Crippen molar-refractivity contribution in [3.63, 3.8) is 0 Å². The molecule has 1 atom stereocenters. The van der Waals surface area contributed by atoms with Gasteiger partial charge in [-0.25, -0.2) is 8.42 Å². The summed E-state index contributed by atoms with van der Waals surface area (Å²) in [6.07, 6.45) is 6.40. The summed E-state index contributed by atoms with van der Waals surface area (Å²) >= 11 is 0. The van der Waals surface area contributed by atoms with E-state index in [1.807, 2.05) is 6.92 Å². The van der Waals surface area contributed by atoms with Gasteiger partial charge in [0, 0.05) is 11.1 Å². The molecule has 1 aliphatic heterocycles. The van der Waals surface area contributed by atoms with E-state index in [4.69, 9.17) is 5.73 Å². The average Bonchev–Trinajstić information content (AvgIpc) is 2.72. The number of sulfone groups is 1. The lowest BCUT2D eigenvalue weighted by Crippen LogP contribution is -2.47. The first-order chi connectivity index (χ1) is 7.83. The van der Waals surface area contributed by atoms with Crippen molar-refractivity contribution in [2.24, 2.45) is 5.73 Å². The Kier molecular flexibility index (Phi) is 3.54. The van der Waals surface area contributed by atoms with Crippen molar-refractivity contribution in [1.82, 2.24) is 5.32 Å². The molecular weight excluding hydrogens is 236 g/mol. The molecule has 1 aliphatic carbocycles. The van der Waals surface area contributed by atoms with Gasteiger partial charge in [-0.3, -0.25) is 0 Å².